The third-order valence-corrected chi connectivity index (χ3v) is 1.83. The molecule has 1 aromatic rings. The summed E-state index contributed by atoms with van der Waals surface area (Å²) in [6, 6.07) is 0. The first-order valence-corrected chi connectivity index (χ1v) is 4.95. The van der Waals surface area contributed by atoms with Crippen LogP contribution in [-0.2, 0) is 6.54 Å². The van der Waals surface area contributed by atoms with Gasteiger partial charge < -0.3 is 9.77 Å². The molecule has 0 saturated carbocycles. The van der Waals surface area contributed by atoms with E-state index in [0.717, 1.165) is 6.54 Å². The Morgan fingerprint density at radius 3 is 2.60 bits per heavy atom. The monoisotopic (exact) mass is 215 g/mol. The average Bonchev–Trinajstić information content (AvgIpc) is 2.64. The molecule has 0 spiro atoms. The van der Waals surface area contributed by atoms with Crippen molar-refractivity contribution in [3.8, 4) is 0 Å². The molecule has 0 unspecified atom stereocenters. The van der Waals surface area contributed by atoms with Crippen LogP contribution in [0.4, 0.5) is 0 Å². The van der Waals surface area contributed by atoms with Gasteiger partial charge in [0.25, 0.3) is 5.09 Å². The Hall–Kier alpha value is -1.59. The predicted octanol–water partition coefficient (Wildman–Crippen LogP) is 2.12. The second-order valence-corrected chi connectivity index (χ2v) is 3.10. The van der Waals surface area contributed by atoms with Crippen molar-refractivity contribution in [2.24, 2.45) is 0 Å². The van der Waals surface area contributed by atoms with E-state index in [1.54, 1.807) is 0 Å². The van der Waals surface area contributed by atoms with Gasteiger partial charge in [-0.2, -0.15) is 0 Å². The van der Waals surface area contributed by atoms with Gasteiger partial charge in [0, 0.05) is 18.9 Å². The Balaban J connectivity index is 0.000000423. The molecule has 1 rings (SSSR count). The number of hydrogen-bond donors (Lipinski definition) is 1. The van der Waals surface area contributed by atoms with Gasteiger partial charge >= 0.3 is 0 Å². The van der Waals surface area contributed by atoms with Gasteiger partial charge in [0.15, 0.2) is 0 Å². The quantitative estimate of drug-likeness (QED) is 0.463. The van der Waals surface area contributed by atoms with Crippen molar-refractivity contribution in [3.05, 3.63) is 28.8 Å². The first kappa shape index (κ1) is 13.4. The average molecular weight is 215 g/mol. The fourth-order valence-electron chi connectivity index (χ4n) is 1.14. The number of aryl methyl sites for hydroxylation is 1. The smallest absolute Gasteiger partial charge is 0.291 e. The van der Waals surface area contributed by atoms with E-state index < -0.39 is 5.09 Å². The Kier molecular flexibility index (Phi) is 8.03. The molecule has 0 bridgehead atoms. The van der Waals surface area contributed by atoms with Gasteiger partial charge in [0.05, 0.1) is 6.33 Å². The lowest BCUT2D eigenvalue weighted by Gasteiger charge is -1.99. The Labute approximate surface area is 88.7 Å². The fourth-order valence-corrected chi connectivity index (χ4v) is 1.14. The lowest BCUT2D eigenvalue weighted by Crippen LogP contribution is -1.93. The van der Waals surface area contributed by atoms with Crippen LogP contribution in [-0.4, -0.2) is 19.8 Å². The second kappa shape index (κ2) is 8.98. The third kappa shape index (κ3) is 10.3. The van der Waals surface area contributed by atoms with E-state index in [4.69, 9.17) is 15.3 Å². The van der Waals surface area contributed by atoms with Crippen LogP contribution in [0, 0.1) is 10.1 Å². The van der Waals surface area contributed by atoms with Crippen LogP contribution in [0.1, 0.15) is 32.6 Å². The van der Waals surface area contributed by atoms with E-state index in [-0.39, 0.29) is 0 Å². The van der Waals surface area contributed by atoms with Crippen LogP contribution in [0.25, 0.3) is 0 Å². The second-order valence-electron chi connectivity index (χ2n) is 3.10. The summed E-state index contributed by atoms with van der Waals surface area (Å²) in [5.74, 6) is 0. The Morgan fingerprint density at radius 1 is 1.47 bits per heavy atom. The summed E-state index contributed by atoms with van der Waals surface area (Å²) in [6.45, 7) is 3.36. The summed E-state index contributed by atoms with van der Waals surface area (Å²) in [6.07, 6.45) is 11.0. The number of hydrogen-bond acceptors (Lipinski definition) is 3. The minimum absolute atomic E-state index is 1.12. The maximum Gasteiger partial charge on any atom is 0.291 e. The number of aromatic nitrogens is 2. The standard InChI is InChI=1S/C9H16N2.HNO3/c1-2-3-4-5-7-11-8-6-10-9-11;2-1(3)4/h6,8-9H,2-5,7H2,1H3;(H,2,3,4). The third-order valence-electron chi connectivity index (χ3n) is 1.83. The molecule has 0 radical (unpaired) electrons. The molecular formula is C9H17N3O3. The van der Waals surface area contributed by atoms with E-state index in [1.165, 1.54) is 25.7 Å². The highest BCUT2D eigenvalue weighted by Crippen LogP contribution is 2.00. The van der Waals surface area contributed by atoms with Crippen molar-refractivity contribution in [2.75, 3.05) is 0 Å². The maximum absolute atomic E-state index is 8.36. The van der Waals surface area contributed by atoms with Gasteiger partial charge in [-0.1, -0.05) is 26.2 Å². The van der Waals surface area contributed by atoms with Crippen molar-refractivity contribution in [2.45, 2.75) is 39.2 Å². The molecule has 0 aliphatic carbocycles. The summed E-state index contributed by atoms with van der Waals surface area (Å²) < 4.78 is 2.13. The maximum atomic E-state index is 8.36. The molecule has 6 heteroatoms. The highest BCUT2D eigenvalue weighted by atomic mass is 16.9. The highest BCUT2D eigenvalue weighted by Gasteiger charge is 1.89. The summed E-state index contributed by atoms with van der Waals surface area (Å²) in [7, 11) is 0. The van der Waals surface area contributed by atoms with Gasteiger partial charge in [0.1, 0.15) is 0 Å². The Morgan fingerprint density at radius 2 is 2.13 bits per heavy atom. The van der Waals surface area contributed by atoms with Crippen LogP contribution < -0.4 is 0 Å². The number of unbranched alkanes of at least 4 members (excludes halogenated alkanes) is 3. The van der Waals surface area contributed by atoms with Crippen LogP contribution in [0.3, 0.4) is 0 Å². The SMILES string of the molecule is CCCCCCn1ccnc1.O=[N+]([O-])O. The topological polar surface area (TPSA) is 81.2 Å². The zero-order chi connectivity index (χ0) is 11.5. The zero-order valence-electron chi connectivity index (χ0n) is 8.87. The zero-order valence-corrected chi connectivity index (χ0v) is 8.87. The number of nitrogens with zero attached hydrogens (tertiary/aromatic N) is 3. The molecule has 0 atom stereocenters. The number of rotatable bonds is 5. The molecule has 0 aliphatic heterocycles. The van der Waals surface area contributed by atoms with Crippen molar-refractivity contribution < 1.29 is 10.3 Å². The molecule has 1 heterocycles. The molecule has 0 saturated heterocycles. The molecule has 0 aliphatic rings. The van der Waals surface area contributed by atoms with Crippen molar-refractivity contribution in [1.82, 2.24) is 9.55 Å². The van der Waals surface area contributed by atoms with Crippen molar-refractivity contribution >= 4 is 0 Å². The lowest BCUT2D eigenvalue weighted by molar-refractivity contribution is -0.742. The number of imidazole rings is 1. The molecule has 0 amide bonds. The van der Waals surface area contributed by atoms with Crippen molar-refractivity contribution in [3.63, 3.8) is 0 Å². The van der Waals surface area contributed by atoms with Gasteiger partial charge in [-0.05, 0) is 6.42 Å². The molecule has 0 fully saturated rings. The minimum atomic E-state index is -1.50. The Bertz CT molecular complexity index is 245. The van der Waals surface area contributed by atoms with Gasteiger partial charge in [-0.3, -0.25) is 0 Å². The van der Waals surface area contributed by atoms with E-state index in [0.29, 0.717) is 0 Å². The summed E-state index contributed by atoms with van der Waals surface area (Å²) in [5, 5.41) is 13.6. The van der Waals surface area contributed by atoms with E-state index in [2.05, 4.69) is 16.5 Å². The molecule has 15 heavy (non-hydrogen) atoms. The summed E-state index contributed by atoms with van der Waals surface area (Å²) in [4.78, 5) is 12.3. The van der Waals surface area contributed by atoms with Crippen LogP contribution in [0.5, 0.6) is 0 Å². The van der Waals surface area contributed by atoms with E-state index in [1.807, 2.05) is 18.7 Å². The van der Waals surface area contributed by atoms with Gasteiger partial charge in [-0.15, -0.1) is 10.1 Å². The largest absolute Gasteiger partial charge is 0.337 e. The van der Waals surface area contributed by atoms with E-state index in [9.17, 15) is 0 Å². The molecule has 0 aromatic carbocycles. The molecular weight excluding hydrogens is 198 g/mol. The summed E-state index contributed by atoms with van der Waals surface area (Å²) in [5.41, 5.74) is 0. The molecule has 1 N–H and O–H groups in total. The van der Waals surface area contributed by atoms with E-state index >= 15 is 0 Å². The lowest BCUT2D eigenvalue weighted by atomic mass is 10.2. The van der Waals surface area contributed by atoms with Gasteiger partial charge in [-0.25, -0.2) is 4.98 Å². The summed E-state index contributed by atoms with van der Waals surface area (Å²) >= 11 is 0. The fraction of sp³-hybridized carbons (Fsp3) is 0.667. The normalized spacial score (nSPS) is 9.13. The molecule has 86 valence electrons. The predicted molar refractivity (Wildman–Crippen MR) is 55.1 cm³/mol. The van der Waals surface area contributed by atoms with Crippen molar-refractivity contribution in [1.29, 1.82) is 0 Å². The first-order valence-electron chi connectivity index (χ1n) is 4.95. The molecule has 6 nitrogen and oxygen atoms in total. The van der Waals surface area contributed by atoms with Gasteiger partial charge in [0.2, 0.25) is 0 Å². The first-order chi connectivity index (χ1) is 7.16. The van der Waals surface area contributed by atoms with Crippen LogP contribution in [0.2, 0.25) is 0 Å². The highest BCUT2D eigenvalue weighted by molar-refractivity contribution is 4.73. The van der Waals surface area contributed by atoms with Crippen LogP contribution >= 0.6 is 0 Å². The minimum Gasteiger partial charge on any atom is -0.337 e. The van der Waals surface area contributed by atoms with Crippen LogP contribution in [0.15, 0.2) is 18.7 Å². The molecule has 1 aromatic heterocycles.